The van der Waals surface area contributed by atoms with Gasteiger partial charge in [0.15, 0.2) is 5.96 Å². The molecule has 35 heavy (non-hydrogen) atoms. The van der Waals surface area contributed by atoms with Gasteiger partial charge in [-0.1, -0.05) is 64.2 Å². The molecule has 1 atom stereocenters. The van der Waals surface area contributed by atoms with Crippen LogP contribution in [0.3, 0.4) is 0 Å². The van der Waals surface area contributed by atoms with E-state index in [9.17, 15) is 4.79 Å². The summed E-state index contributed by atoms with van der Waals surface area (Å²) in [5.74, 6) is -0.177. The Bertz CT molecular complexity index is 1410. The Balaban J connectivity index is 1.38. The van der Waals surface area contributed by atoms with Crippen LogP contribution in [0.2, 0.25) is 15.1 Å². The van der Waals surface area contributed by atoms with E-state index in [1.54, 1.807) is 52.3 Å². The first-order valence-electron chi connectivity index (χ1n) is 10.6. The fourth-order valence-electron chi connectivity index (χ4n) is 4.09. The zero-order valence-corrected chi connectivity index (χ0v) is 20.4. The highest BCUT2D eigenvalue weighted by Crippen LogP contribution is 2.32. The largest absolute Gasteiger partial charge is 0.352 e. The Morgan fingerprint density at radius 3 is 2.54 bits per heavy atom. The molecule has 0 saturated carbocycles. The molecule has 0 radical (unpaired) electrons. The Labute approximate surface area is 216 Å². The number of carbonyl (C=O) groups is 1. The summed E-state index contributed by atoms with van der Waals surface area (Å²) in [6, 6.07) is 13.4. The van der Waals surface area contributed by atoms with E-state index in [2.05, 4.69) is 5.16 Å². The monoisotopic (exact) mass is 525 g/mol. The van der Waals surface area contributed by atoms with Gasteiger partial charge in [0.25, 0.3) is 0 Å². The molecule has 1 aliphatic carbocycles. The van der Waals surface area contributed by atoms with Crippen molar-refractivity contribution < 1.29 is 9.32 Å². The molecule has 176 valence electrons. The predicted octanol–water partition coefficient (Wildman–Crippen LogP) is 6.08. The van der Waals surface area contributed by atoms with Crippen molar-refractivity contribution in [3.05, 3.63) is 98.8 Å². The van der Waals surface area contributed by atoms with Crippen LogP contribution in [0, 0.1) is 10.8 Å². The van der Waals surface area contributed by atoms with Crippen molar-refractivity contribution >= 4 is 52.3 Å². The van der Waals surface area contributed by atoms with Crippen molar-refractivity contribution in [2.24, 2.45) is 0 Å². The summed E-state index contributed by atoms with van der Waals surface area (Å²) in [5, 5.41) is 22.7. The SMILES string of the molecule is N=C1C=CC=C2C1N(CC(=O)c1cc(-c3ccc(Cl)c(Cl)c3)no1)C(=N)N2Cc1ccc(Cl)cc1. The van der Waals surface area contributed by atoms with E-state index >= 15 is 0 Å². The topological polar surface area (TPSA) is 97.3 Å². The first kappa shape index (κ1) is 23.4. The summed E-state index contributed by atoms with van der Waals surface area (Å²) in [6.45, 7) is 0.262. The third-order valence-corrected chi connectivity index (χ3v) is 6.83. The molecule has 3 aromatic rings. The molecule has 1 aliphatic heterocycles. The van der Waals surface area contributed by atoms with Gasteiger partial charge in [-0.15, -0.1) is 0 Å². The molecule has 2 heterocycles. The van der Waals surface area contributed by atoms with Gasteiger partial charge in [-0.05, 0) is 42.0 Å². The first-order chi connectivity index (χ1) is 16.8. The number of allylic oxidation sites excluding steroid dienone is 2. The number of nitrogens with one attached hydrogen (secondary N) is 2. The average molecular weight is 527 g/mol. The van der Waals surface area contributed by atoms with Crippen molar-refractivity contribution in [3.63, 3.8) is 0 Å². The highest BCUT2D eigenvalue weighted by atomic mass is 35.5. The molecular formula is C25H18Cl3N5O2. The van der Waals surface area contributed by atoms with E-state index < -0.39 is 6.04 Å². The maximum atomic E-state index is 13.1. The highest BCUT2D eigenvalue weighted by Gasteiger charge is 2.42. The third kappa shape index (κ3) is 4.50. The second-order valence-electron chi connectivity index (χ2n) is 8.10. The molecule has 2 aliphatic rings. The van der Waals surface area contributed by atoms with Crippen molar-refractivity contribution in [1.82, 2.24) is 15.0 Å². The normalized spacial score (nSPS) is 17.1. The van der Waals surface area contributed by atoms with Gasteiger partial charge in [0.2, 0.25) is 11.5 Å². The van der Waals surface area contributed by atoms with Crippen LogP contribution in [0.5, 0.6) is 0 Å². The molecule has 5 rings (SSSR count). The smallest absolute Gasteiger partial charge is 0.220 e. The molecule has 0 spiro atoms. The lowest BCUT2D eigenvalue weighted by Gasteiger charge is -2.24. The van der Waals surface area contributed by atoms with E-state index in [1.165, 1.54) is 6.07 Å². The molecule has 2 N–H and O–H groups in total. The van der Waals surface area contributed by atoms with E-state index in [4.69, 9.17) is 50.1 Å². The van der Waals surface area contributed by atoms with Crippen LogP contribution in [0.4, 0.5) is 0 Å². The Hall–Kier alpha value is -3.39. The quantitative estimate of drug-likeness (QED) is 0.379. The van der Waals surface area contributed by atoms with Crippen LogP contribution in [-0.4, -0.2) is 45.0 Å². The standard InChI is InChI=1S/C25H18Cl3N5O2/c26-16-7-4-14(5-8-16)12-32-21-3-1-2-19(29)24(21)33(25(32)30)13-22(34)23-11-20(31-35-23)15-6-9-17(27)18(28)10-15/h1-11,24,29-30H,12-13H2. The van der Waals surface area contributed by atoms with Gasteiger partial charge in [0.05, 0.1) is 34.5 Å². The summed E-state index contributed by atoms with van der Waals surface area (Å²) in [6.07, 6.45) is 5.32. The van der Waals surface area contributed by atoms with E-state index in [1.807, 2.05) is 18.2 Å². The molecule has 2 aromatic carbocycles. The van der Waals surface area contributed by atoms with Crippen LogP contribution in [0.1, 0.15) is 16.1 Å². The Morgan fingerprint density at radius 1 is 1.03 bits per heavy atom. The highest BCUT2D eigenvalue weighted by molar-refractivity contribution is 6.42. The third-order valence-electron chi connectivity index (χ3n) is 5.84. The number of benzene rings is 2. The van der Waals surface area contributed by atoms with Crippen LogP contribution >= 0.6 is 34.8 Å². The summed E-state index contributed by atoms with van der Waals surface area (Å²) < 4.78 is 5.31. The molecule has 7 nitrogen and oxygen atoms in total. The average Bonchev–Trinajstić information content (AvgIpc) is 3.43. The molecule has 1 saturated heterocycles. The van der Waals surface area contributed by atoms with E-state index in [0.29, 0.717) is 38.6 Å². The minimum Gasteiger partial charge on any atom is -0.352 e. The van der Waals surface area contributed by atoms with Gasteiger partial charge in [-0.25, -0.2) is 0 Å². The first-order valence-corrected chi connectivity index (χ1v) is 11.7. The Kier molecular flexibility index (Phi) is 6.23. The van der Waals surface area contributed by atoms with Crippen molar-refractivity contribution in [1.29, 1.82) is 10.8 Å². The second kappa shape index (κ2) is 9.34. The van der Waals surface area contributed by atoms with Crippen LogP contribution in [0.15, 0.2) is 77.0 Å². The number of carbonyl (C=O) groups excluding carboxylic acids is 1. The second-order valence-corrected chi connectivity index (χ2v) is 9.35. The summed E-state index contributed by atoms with van der Waals surface area (Å²) in [7, 11) is 0. The van der Waals surface area contributed by atoms with Gasteiger partial charge in [0.1, 0.15) is 11.7 Å². The van der Waals surface area contributed by atoms with E-state index in [0.717, 1.165) is 11.3 Å². The minimum atomic E-state index is -0.541. The van der Waals surface area contributed by atoms with Crippen LogP contribution in [0.25, 0.3) is 11.3 Å². The van der Waals surface area contributed by atoms with Crippen molar-refractivity contribution in [3.8, 4) is 11.3 Å². The fraction of sp³-hybridized carbons (Fsp3) is 0.120. The zero-order valence-electron chi connectivity index (χ0n) is 18.1. The Morgan fingerprint density at radius 2 is 1.80 bits per heavy atom. The molecule has 10 heteroatoms. The molecule has 0 bridgehead atoms. The number of hydrogen-bond acceptors (Lipinski definition) is 5. The number of ketones is 1. The van der Waals surface area contributed by atoms with E-state index in [-0.39, 0.29) is 24.0 Å². The fourth-order valence-corrected chi connectivity index (χ4v) is 4.52. The summed E-state index contributed by atoms with van der Waals surface area (Å²) in [4.78, 5) is 16.5. The van der Waals surface area contributed by atoms with Gasteiger partial charge in [-0.3, -0.25) is 10.2 Å². The molecule has 1 aromatic heterocycles. The molecule has 0 amide bonds. The predicted molar refractivity (Wildman–Crippen MR) is 136 cm³/mol. The summed E-state index contributed by atoms with van der Waals surface area (Å²) in [5.41, 5.74) is 3.12. The zero-order chi connectivity index (χ0) is 24.7. The number of hydrogen-bond donors (Lipinski definition) is 2. The molecule has 1 unspecified atom stereocenters. The van der Waals surface area contributed by atoms with Gasteiger partial charge in [-0.2, -0.15) is 0 Å². The van der Waals surface area contributed by atoms with Gasteiger partial charge in [0, 0.05) is 16.7 Å². The lowest BCUT2D eigenvalue weighted by Crippen LogP contribution is -2.42. The maximum Gasteiger partial charge on any atom is 0.220 e. The number of guanidine groups is 1. The van der Waals surface area contributed by atoms with Crippen molar-refractivity contribution in [2.45, 2.75) is 12.6 Å². The number of nitrogens with zero attached hydrogens (tertiary/aromatic N) is 3. The van der Waals surface area contributed by atoms with Gasteiger partial charge >= 0.3 is 0 Å². The lowest BCUT2D eigenvalue weighted by molar-refractivity contribution is 0.0926. The number of fused-ring (bicyclic) bond motifs is 1. The number of Topliss-reactive ketones (excluding diaryl/α,β-unsaturated/α-hetero) is 1. The molecular weight excluding hydrogens is 509 g/mol. The minimum absolute atomic E-state index is 0.0541. The summed E-state index contributed by atoms with van der Waals surface area (Å²) >= 11 is 18.1. The number of aromatic nitrogens is 1. The lowest BCUT2D eigenvalue weighted by atomic mass is 10.0. The van der Waals surface area contributed by atoms with Crippen molar-refractivity contribution in [2.75, 3.05) is 6.54 Å². The number of halogens is 3. The van der Waals surface area contributed by atoms with Gasteiger partial charge < -0.3 is 19.7 Å². The van der Waals surface area contributed by atoms with Crippen LogP contribution in [-0.2, 0) is 6.54 Å². The maximum absolute atomic E-state index is 13.1. The number of rotatable bonds is 6. The van der Waals surface area contributed by atoms with Crippen LogP contribution < -0.4 is 0 Å². The molecule has 1 fully saturated rings.